The van der Waals surface area contributed by atoms with E-state index in [4.69, 9.17) is 29.4 Å². The summed E-state index contributed by atoms with van der Waals surface area (Å²) in [6, 6.07) is 3.64. The number of aliphatic hydroxyl groups excluding tert-OH is 1. The van der Waals surface area contributed by atoms with Crippen LogP contribution in [0.25, 0.3) is 0 Å². The number of nitriles is 1. The monoisotopic (exact) mass is 772 g/mol. The second-order valence-corrected chi connectivity index (χ2v) is 16.7. The van der Waals surface area contributed by atoms with Crippen molar-refractivity contribution in [3.05, 3.63) is 23.5 Å². The number of carbonyl (C=O) groups is 4. The third-order valence-electron chi connectivity index (χ3n) is 9.41. The molecule has 306 valence electrons. The lowest BCUT2D eigenvalue weighted by atomic mass is 9.86. The first kappa shape index (κ1) is 45.1. The number of nitrogens with one attached hydrogen (secondary N) is 2. The smallest absolute Gasteiger partial charge is 0.408 e. The van der Waals surface area contributed by atoms with Gasteiger partial charge in [0.25, 0.3) is 5.91 Å². The van der Waals surface area contributed by atoms with Crippen LogP contribution in [0.3, 0.4) is 0 Å². The zero-order valence-electron chi connectivity index (χ0n) is 33.7. The maximum absolute atomic E-state index is 13.9. The number of aromatic amines is 1. The molecular weight excluding hydrogens is 712 g/mol. The topological polar surface area (TPSA) is 237 Å². The molecule has 1 aromatic rings. The van der Waals surface area contributed by atoms with E-state index < -0.39 is 77.1 Å². The largest absolute Gasteiger partial charge is 0.463 e. The molecule has 0 bridgehead atoms. The van der Waals surface area contributed by atoms with Crippen molar-refractivity contribution in [3.8, 4) is 6.07 Å². The van der Waals surface area contributed by atoms with Crippen LogP contribution in [-0.4, -0.2) is 95.0 Å². The van der Waals surface area contributed by atoms with Crippen LogP contribution in [0.4, 0.5) is 4.79 Å². The highest BCUT2D eigenvalue weighted by Crippen LogP contribution is 2.41. The number of amidine groups is 1. The van der Waals surface area contributed by atoms with E-state index in [0.29, 0.717) is 6.61 Å². The summed E-state index contributed by atoms with van der Waals surface area (Å²) in [5, 5.41) is 25.1. The lowest BCUT2D eigenvalue weighted by molar-refractivity contribution is -0.164. The highest BCUT2D eigenvalue weighted by atomic mass is 16.6. The van der Waals surface area contributed by atoms with E-state index >= 15 is 0 Å². The van der Waals surface area contributed by atoms with Crippen LogP contribution >= 0.6 is 0 Å². The molecule has 1 aromatic heterocycles. The second-order valence-electron chi connectivity index (χ2n) is 16.7. The summed E-state index contributed by atoms with van der Waals surface area (Å²) in [7, 11) is 0. The van der Waals surface area contributed by atoms with E-state index in [1.54, 1.807) is 55.4 Å². The molecule has 55 heavy (non-hydrogen) atoms. The van der Waals surface area contributed by atoms with Crippen molar-refractivity contribution in [2.75, 3.05) is 13.2 Å². The molecule has 16 heteroatoms. The normalized spacial score (nSPS) is 23.2. The standard InChI is InChI=1S/C39H60N6O10/c1-10-11-19-52-38(8,9)34(49)45-32(42-23-41)25-17-18-27(43-25)39(22-40)31(47)29(26(54-39)21-51-28(46)20-24-15-13-12-14-16-24)53-33(48)30(36(2,3)4)44-35(50)55-37(5,6)7/h17-18,23-24,26,29-31,43,47H,10-16,19-21H2,1-9H3,(H,44,50)(H2,41,42,45,49)/t26-,29-,30+,31-,39+/m1/s1. The highest BCUT2D eigenvalue weighted by Gasteiger charge is 2.60. The number of amides is 2. The van der Waals surface area contributed by atoms with Crippen LogP contribution in [0.1, 0.15) is 125 Å². The molecular formula is C39H60N6O10. The molecule has 1 saturated heterocycles. The Morgan fingerprint density at radius 1 is 1.13 bits per heavy atom. The molecule has 2 heterocycles. The van der Waals surface area contributed by atoms with Crippen LogP contribution < -0.4 is 11.1 Å². The summed E-state index contributed by atoms with van der Waals surface area (Å²) in [6.07, 6.45) is 2.19. The van der Waals surface area contributed by atoms with Gasteiger partial charge in [0, 0.05) is 13.0 Å². The van der Waals surface area contributed by atoms with Gasteiger partial charge in [0.2, 0.25) is 5.60 Å². The van der Waals surface area contributed by atoms with E-state index in [0.717, 1.165) is 51.3 Å². The number of H-pyrrole nitrogens is 1. The molecule has 1 aliphatic carbocycles. The number of hydrogen-bond donors (Lipinski definition) is 4. The van der Waals surface area contributed by atoms with Crippen molar-refractivity contribution in [2.24, 2.45) is 27.1 Å². The molecule has 0 unspecified atom stereocenters. The van der Waals surface area contributed by atoms with Gasteiger partial charge in [-0.05, 0) is 77.3 Å². The van der Waals surface area contributed by atoms with Gasteiger partial charge in [-0.15, -0.1) is 0 Å². The van der Waals surface area contributed by atoms with Gasteiger partial charge in [0.05, 0.1) is 17.7 Å². The number of hydrogen-bond acceptors (Lipinski definition) is 11. The first-order valence-corrected chi connectivity index (χ1v) is 19.0. The third-order valence-corrected chi connectivity index (χ3v) is 9.41. The molecule has 1 saturated carbocycles. The molecule has 2 fully saturated rings. The Labute approximate surface area is 323 Å². The summed E-state index contributed by atoms with van der Waals surface area (Å²) in [5.74, 6) is -2.02. The molecule has 2 aliphatic rings. The zero-order valence-corrected chi connectivity index (χ0v) is 33.7. The first-order valence-electron chi connectivity index (χ1n) is 19.0. The predicted octanol–water partition coefficient (Wildman–Crippen LogP) is 4.71. The third kappa shape index (κ3) is 12.3. The molecule has 5 N–H and O–H groups in total. The predicted molar refractivity (Wildman–Crippen MR) is 203 cm³/mol. The fourth-order valence-electron chi connectivity index (χ4n) is 6.31. The van der Waals surface area contributed by atoms with Crippen molar-refractivity contribution < 1.29 is 48.0 Å². The fourth-order valence-corrected chi connectivity index (χ4v) is 6.31. The molecule has 3 rings (SSSR count). The minimum Gasteiger partial charge on any atom is -0.463 e. The lowest BCUT2D eigenvalue weighted by Gasteiger charge is -2.32. The SMILES string of the molecule is CCCCOC(C)(C)C(=O)N=C(N=CN)c1ccc([C@]2(C#N)O[C@H](COC(=O)CC3CCCCC3)[C@@H](OC(=O)[C@H](NC(=O)OC(C)(C)C)C(C)(C)C)[C@H]2O)[nH]1. The molecule has 0 aromatic carbocycles. The van der Waals surface area contributed by atoms with Crippen LogP contribution in [0.15, 0.2) is 22.1 Å². The maximum atomic E-state index is 13.9. The molecule has 16 nitrogen and oxygen atoms in total. The van der Waals surface area contributed by atoms with E-state index in [-0.39, 0.29) is 29.6 Å². The van der Waals surface area contributed by atoms with Crippen LogP contribution in [0.5, 0.6) is 0 Å². The highest BCUT2D eigenvalue weighted by molar-refractivity contribution is 6.08. The van der Waals surface area contributed by atoms with Crippen molar-refractivity contribution in [3.63, 3.8) is 0 Å². The number of ether oxygens (including phenoxy) is 5. The van der Waals surface area contributed by atoms with Crippen molar-refractivity contribution in [2.45, 2.75) is 155 Å². The number of nitrogens with two attached hydrogens (primary N) is 1. The minimum absolute atomic E-state index is 0.000316. The summed E-state index contributed by atoms with van der Waals surface area (Å²) in [6.45, 7) is 15.2. The molecule has 0 spiro atoms. The van der Waals surface area contributed by atoms with E-state index in [1.807, 2.05) is 13.0 Å². The van der Waals surface area contributed by atoms with Crippen LogP contribution in [-0.2, 0) is 43.7 Å². The van der Waals surface area contributed by atoms with Crippen LogP contribution in [0.2, 0.25) is 0 Å². The fraction of sp³-hybridized carbons (Fsp3) is 0.718. The Balaban J connectivity index is 1.97. The number of esters is 2. The Morgan fingerprint density at radius 2 is 1.80 bits per heavy atom. The van der Waals surface area contributed by atoms with Gasteiger partial charge < -0.3 is 44.8 Å². The molecule has 5 atom stereocenters. The number of rotatable bonds is 14. The van der Waals surface area contributed by atoms with E-state index in [9.17, 15) is 29.5 Å². The number of aliphatic hydroxyl groups is 1. The summed E-state index contributed by atoms with van der Waals surface area (Å²) < 4.78 is 28.8. The Hall–Kier alpha value is -4.33. The van der Waals surface area contributed by atoms with Crippen molar-refractivity contribution in [1.82, 2.24) is 10.3 Å². The van der Waals surface area contributed by atoms with Crippen molar-refractivity contribution >= 4 is 36.1 Å². The zero-order chi connectivity index (χ0) is 41.2. The summed E-state index contributed by atoms with van der Waals surface area (Å²) in [5.41, 5.74) is 0.508. The Kier molecular flexibility index (Phi) is 15.6. The number of nitrogens with zero attached hydrogens (tertiary/aromatic N) is 3. The van der Waals surface area contributed by atoms with Gasteiger partial charge >= 0.3 is 18.0 Å². The molecule has 2 amide bonds. The van der Waals surface area contributed by atoms with Gasteiger partial charge in [-0.3, -0.25) is 9.59 Å². The molecule has 0 radical (unpaired) electrons. The summed E-state index contributed by atoms with van der Waals surface area (Å²) in [4.78, 5) is 63.9. The van der Waals surface area contributed by atoms with Gasteiger partial charge in [-0.1, -0.05) is 53.4 Å². The van der Waals surface area contributed by atoms with Gasteiger partial charge in [0.15, 0.2) is 11.9 Å². The lowest BCUT2D eigenvalue weighted by Crippen LogP contribution is -2.53. The number of aromatic nitrogens is 1. The van der Waals surface area contributed by atoms with Gasteiger partial charge in [-0.2, -0.15) is 10.3 Å². The van der Waals surface area contributed by atoms with Gasteiger partial charge in [-0.25, -0.2) is 14.6 Å². The first-order chi connectivity index (χ1) is 25.7. The number of aliphatic imine (C=N–C) groups is 2. The Bertz CT molecular complexity index is 1590. The summed E-state index contributed by atoms with van der Waals surface area (Å²) >= 11 is 0. The molecule has 1 aliphatic heterocycles. The Morgan fingerprint density at radius 3 is 2.38 bits per heavy atom. The number of carbonyl (C=O) groups excluding carboxylic acids is 4. The van der Waals surface area contributed by atoms with Gasteiger partial charge in [0.1, 0.15) is 42.1 Å². The van der Waals surface area contributed by atoms with Crippen molar-refractivity contribution in [1.29, 1.82) is 5.26 Å². The average Bonchev–Trinajstić information content (AvgIpc) is 3.69. The van der Waals surface area contributed by atoms with Crippen LogP contribution in [0, 0.1) is 22.7 Å². The average molecular weight is 773 g/mol. The number of unbranched alkanes of at least 4 members (excludes halogenated alkanes) is 1. The number of alkyl carbamates (subject to hydrolysis) is 1. The van der Waals surface area contributed by atoms with E-state index in [1.165, 1.54) is 12.1 Å². The second kappa shape index (κ2) is 19.0. The minimum atomic E-state index is -2.20. The quantitative estimate of drug-likeness (QED) is 0.0661. The maximum Gasteiger partial charge on any atom is 0.408 e. The van der Waals surface area contributed by atoms with E-state index in [2.05, 4.69) is 20.3 Å².